The molecule has 0 bridgehead atoms. The molecule has 3 nitrogen and oxygen atoms in total. The number of ether oxygens (including phenoxy) is 1. The third-order valence-corrected chi connectivity index (χ3v) is 9.02. The maximum absolute atomic E-state index is 6.06. The minimum atomic E-state index is -2.11. The lowest BCUT2D eigenvalue weighted by Gasteiger charge is -2.42. The molecule has 3 rings (SSSR count). The lowest BCUT2D eigenvalue weighted by molar-refractivity contribution is 0.0274. The predicted octanol–water partition coefficient (Wildman–Crippen LogP) is 5.44. The molecule has 1 aromatic rings. The van der Waals surface area contributed by atoms with Gasteiger partial charge in [0.1, 0.15) is 5.73 Å². The molecule has 0 N–H and O–H groups in total. The molecule has 0 spiro atoms. The van der Waals surface area contributed by atoms with Crippen LogP contribution in [0.25, 0.3) is 12.2 Å². The number of hydrogen-bond acceptors (Lipinski definition) is 3. The second-order valence-electron chi connectivity index (χ2n) is 6.63. The summed E-state index contributed by atoms with van der Waals surface area (Å²) < 4.78 is 18.1. The zero-order valence-electron chi connectivity index (χ0n) is 16.3. The van der Waals surface area contributed by atoms with Gasteiger partial charge >= 0.3 is 8.56 Å². The van der Waals surface area contributed by atoms with Gasteiger partial charge in [0, 0.05) is 19.8 Å². The largest absolute Gasteiger partial charge is 0.393 e. The van der Waals surface area contributed by atoms with Crippen LogP contribution in [-0.2, 0) is 13.6 Å². The van der Waals surface area contributed by atoms with Crippen LogP contribution < -0.4 is 0 Å². The summed E-state index contributed by atoms with van der Waals surface area (Å²) in [6.45, 7) is 10.7. The maximum Gasteiger partial charge on any atom is 0.368 e. The molecule has 1 aromatic carbocycles. The third kappa shape index (κ3) is 5.27. The first-order valence-electron chi connectivity index (χ1n) is 9.85. The smallest absolute Gasteiger partial charge is 0.368 e. The molecule has 2 unspecified atom stereocenters. The van der Waals surface area contributed by atoms with E-state index in [0.717, 1.165) is 38.2 Å². The van der Waals surface area contributed by atoms with Crippen molar-refractivity contribution in [3.8, 4) is 0 Å². The molecule has 25 heavy (non-hydrogen) atoms. The van der Waals surface area contributed by atoms with Gasteiger partial charge in [-0.05, 0) is 56.7 Å². The molecular formula is C21H34O3Si. The standard InChI is InChI=1S/C13H28O3Si.C8H6/c1-5-12-9-10-17(15-7-3,16-8-4)13(11-12)14-6-2;1-2-4-8-6-5-7(8)3-1/h12-13H,5-11H2,1-4H3;1-6H. The normalized spacial score (nSPS) is 23.2. The first-order chi connectivity index (χ1) is 12.2. The van der Waals surface area contributed by atoms with Crippen molar-refractivity contribution in [1.29, 1.82) is 0 Å². The molecule has 2 atom stereocenters. The van der Waals surface area contributed by atoms with Crippen molar-refractivity contribution in [1.82, 2.24) is 0 Å². The SMILES string of the molecule is C1=Cc2ccccc21.CCOC1CC(CC)CC[Si]1(OCC)OCC. The summed E-state index contributed by atoms with van der Waals surface area (Å²) in [5, 5.41) is 0. The van der Waals surface area contributed by atoms with E-state index >= 15 is 0 Å². The van der Waals surface area contributed by atoms with Gasteiger partial charge in [0.2, 0.25) is 0 Å². The Bertz CT molecular complexity index is 513. The third-order valence-electron chi connectivity index (χ3n) is 5.10. The van der Waals surface area contributed by atoms with Crippen LogP contribution in [0.1, 0.15) is 58.1 Å². The fourth-order valence-electron chi connectivity index (χ4n) is 3.69. The van der Waals surface area contributed by atoms with Crippen LogP contribution >= 0.6 is 0 Å². The van der Waals surface area contributed by atoms with Gasteiger partial charge in [-0.2, -0.15) is 0 Å². The van der Waals surface area contributed by atoms with Gasteiger partial charge < -0.3 is 13.6 Å². The van der Waals surface area contributed by atoms with E-state index in [9.17, 15) is 0 Å². The molecule has 0 aromatic heterocycles. The molecule has 140 valence electrons. The molecule has 1 heterocycles. The first kappa shape index (κ1) is 20.4. The average molecular weight is 363 g/mol. The van der Waals surface area contributed by atoms with Crippen molar-refractivity contribution in [2.75, 3.05) is 19.8 Å². The van der Waals surface area contributed by atoms with Gasteiger partial charge in [-0.15, -0.1) is 0 Å². The van der Waals surface area contributed by atoms with Gasteiger partial charge in [-0.1, -0.05) is 49.8 Å². The minimum absolute atomic E-state index is 0.228. The summed E-state index contributed by atoms with van der Waals surface area (Å²) in [4.78, 5) is 0. The molecule has 0 amide bonds. The van der Waals surface area contributed by atoms with E-state index in [1.807, 2.05) is 0 Å². The average Bonchev–Trinajstić information content (AvgIpc) is 2.59. The Morgan fingerprint density at radius 2 is 1.52 bits per heavy atom. The second-order valence-corrected chi connectivity index (χ2v) is 9.98. The van der Waals surface area contributed by atoms with Crippen LogP contribution in [0.5, 0.6) is 0 Å². The highest BCUT2D eigenvalue weighted by molar-refractivity contribution is 6.69. The summed E-state index contributed by atoms with van der Waals surface area (Å²) in [5.74, 6) is 0.785. The topological polar surface area (TPSA) is 27.7 Å². The van der Waals surface area contributed by atoms with Crippen molar-refractivity contribution in [2.45, 2.75) is 58.7 Å². The molecule has 1 aliphatic heterocycles. The van der Waals surface area contributed by atoms with Gasteiger partial charge in [-0.3, -0.25) is 0 Å². The zero-order valence-corrected chi connectivity index (χ0v) is 17.3. The van der Waals surface area contributed by atoms with E-state index in [1.54, 1.807) is 0 Å². The lowest BCUT2D eigenvalue weighted by atomic mass is 9.99. The Morgan fingerprint density at radius 3 is 1.92 bits per heavy atom. The van der Waals surface area contributed by atoms with Crippen LogP contribution in [0, 0.1) is 5.92 Å². The van der Waals surface area contributed by atoms with Crippen molar-refractivity contribution in [3.63, 3.8) is 0 Å². The van der Waals surface area contributed by atoms with Crippen molar-refractivity contribution >= 4 is 20.7 Å². The lowest BCUT2D eigenvalue weighted by Crippen LogP contribution is -2.57. The van der Waals surface area contributed by atoms with Crippen molar-refractivity contribution in [3.05, 3.63) is 35.4 Å². The van der Waals surface area contributed by atoms with Gasteiger partial charge in [0.05, 0.1) is 0 Å². The Hall–Kier alpha value is -0.943. The number of rotatable bonds is 7. The first-order valence-corrected chi connectivity index (χ1v) is 12.0. The second kappa shape index (κ2) is 10.3. The Morgan fingerprint density at radius 1 is 0.920 bits per heavy atom. The molecule has 0 saturated carbocycles. The van der Waals surface area contributed by atoms with Crippen LogP contribution in [0.3, 0.4) is 0 Å². The van der Waals surface area contributed by atoms with E-state index in [0.29, 0.717) is 0 Å². The fraction of sp³-hybridized carbons (Fsp3) is 0.619. The van der Waals surface area contributed by atoms with E-state index in [-0.39, 0.29) is 5.73 Å². The highest BCUT2D eigenvalue weighted by Gasteiger charge is 2.50. The number of fused-ring (bicyclic) bond motifs is 1. The van der Waals surface area contributed by atoms with Gasteiger partial charge in [0.15, 0.2) is 0 Å². The zero-order chi connectivity index (χ0) is 18.1. The van der Waals surface area contributed by atoms with Gasteiger partial charge in [0.25, 0.3) is 0 Å². The molecule has 1 saturated heterocycles. The number of hydrogen-bond donors (Lipinski definition) is 0. The van der Waals surface area contributed by atoms with Crippen LogP contribution in [0.2, 0.25) is 6.04 Å². The summed E-state index contributed by atoms with van der Waals surface area (Å²) >= 11 is 0. The van der Waals surface area contributed by atoms with Crippen LogP contribution in [0.15, 0.2) is 24.3 Å². The summed E-state index contributed by atoms with van der Waals surface area (Å²) in [6, 6.07) is 9.45. The molecule has 1 aliphatic carbocycles. The minimum Gasteiger partial charge on any atom is -0.393 e. The molecule has 2 aliphatic rings. The van der Waals surface area contributed by atoms with E-state index in [4.69, 9.17) is 13.6 Å². The summed E-state index contributed by atoms with van der Waals surface area (Å²) in [7, 11) is -2.11. The van der Waals surface area contributed by atoms with Crippen molar-refractivity contribution in [2.24, 2.45) is 5.92 Å². The van der Waals surface area contributed by atoms with Crippen molar-refractivity contribution < 1.29 is 13.6 Å². The highest BCUT2D eigenvalue weighted by Crippen LogP contribution is 2.36. The van der Waals surface area contributed by atoms with E-state index < -0.39 is 8.56 Å². The summed E-state index contributed by atoms with van der Waals surface area (Å²) in [6.07, 6.45) is 7.85. The monoisotopic (exact) mass is 362 g/mol. The fourth-order valence-corrected chi connectivity index (χ4v) is 7.66. The predicted molar refractivity (Wildman–Crippen MR) is 108 cm³/mol. The quantitative estimate of drug-likeness (QED) is 0.614. The Labute approximate surface area is 154 Å². The molecule has 4 heteroatoms. The van der Waals surface area contributed by atoms with Crippen LogP contribution in [-0.4, -0.2) is 34.1 Å². The number of benzene rings is 1. The van der Waals surface area contributed by atoms with Gasteiger partial charge in [-0.25, -0.2) is 0 Å². The molecule has 1 fully saturated rings. The van der Waals surface area contributed by atoms with E-state index in [2.05, 4.69) is 64.1 Å². The molecular weight excluding hydrogens is 328 g/mol. The maximum atomic E-state index is 6.06. The highest BCUT2D eigenvalue weighted by atomic mass is 28.4. The molecule has 0 radical (unpaired) electrons. The Balaban J connectivity index is 0.000000230. The van der Waals surface area contributed by atoms with E-state index in [1.165, 1.54) is 24.0 Å². The Kier molecular flexibility index (Phi) is 8.36. The summed E-state index contributed by atoms with van der Waals surface area (Å²) in [5.41, 5.74) is 2.96. The van der Waals surface area contributed by atoms with Crippen LogP contribution in [0.4, 0.5) is 0 Å².